The van der Waals surface area contributed by atoms with E-state index in [-0.39, 0.29) is 34.7 Å². The molecule has 3 aromatic rings. The molecule has 0 amide bonds. The number of aliphatic imine (C=N–C) groups is 1. The van der Waals surface area contributed by atoms with Gasteiger partial charge in [0.25, 0.3) is 0 Å². The van der Waals surface area contributed by atoms with Crippen molar-refractivity contribution < 1.29 is 28.6 Å². The third-order valence-corrected chi connectivity index (χ3v) is 5.95. The summed E-state index contributed by atoms with van der Waals surface area (Å²) in [6, 6.07) is 5.46. The summed E-state index contributed by atoms with van der Waals surface area (Å²) in [5.74, 6) is -1.77. The van der Waals surface area contributed by atoms with Gasteiger partial charge >= 0.3 is 10.2 Å². The van der Waals surface area contributed by atoms with Crippen molar-refractivity contribution in [2.75, 3.05) is 0 Å². The Balaban J connectivity index is 2.39. The molecule has 0 fully saturated rings. The number of nitrogens with two attached hydrogens (primary N) is 1. The van der Waals surface area contributed by atoms with Crippen LogP contribution in [-0.4, -0.2) is 21.6 Å². The Morgan fingerprint density at radius 3 is 2.12 bits per heavy atom. The molecule has 5 nitrogen and oxygen atoms in total. The molecule has 0 bridgehead atoms. The Morgan fingerprint density at radius 2 is 1.58 bits per heavy atom. The summed E-state index contributed by atoms with van der Waals surface area (Å²) < 4.78 is 82.1. The summed E-state index contributed by atoms with van der Waals surface area (Å²) in [4.78, 5) is 22.4. The number of rotatable bonds is 6. The molecule has 1 unspecified atom stereocenters. The minimum atomic E-state index is -10.1. The molecule has 1 heterocycles. The van der Waals surface area contributed by atoms with Crippen LogP contribution >= 0.6 is 10.2 Å². The highest BCUT2D eigenvalue weighted by atomic mass is 32.5. The Bertz CT molecular complexity index is 1260. The van der Waals surface area contributed by atoms with Crippen molar-refractivity contribution in [1.29, 1.82) is 0 Å². The van der Waals surface area contributed by atoms with E-state index in [2.05, 4.69) is 15.0 Å². The number of benzene rings is 2. The second kappa shape index (κ2) is 7.30. The second-order valence-electron chi connectivity index (χ2n) is 7.34. The minimum absolute atomic E-state index is 0.0764. The molecule has 0 aliphatic carbocycles. The van der Waals surface area contributed by atoms with E-state index in [0.29, 0.717) is 0 Å². The standard InChI is InChI=1S/C21H18F6N4OS/c1-13(32)21(31-14(2)28,16-4-3-5-18(8-16)33(23,24,25,26)27)17-6-7-20(22)19(9-17)15-10-29-12-30-11-15/h3-12H,1-2H3,(H2,28,31). The lowest BCUT2D eigenvalue weighted by atomic mass is 9.79. The van der Waals surface area contributed by atoms with E-state index in [4.69, 9.17) is 5.73 Å². The van der Waals surface area contributed by atoms with E-state index >= 15 is 0 Å². The summed E-state index contributed by atoms with van der Waals surface area (Å²) in [6.45, 7) is 2.30. The number of carbonyl (C=O) groups excluding carboxylic acids is 1. The molecule has 0 saturated heterocycles. The van der Waals surface area contributed by atoms with Gasteiger partial charge in [0.2, 0.25) is 0 Å². The molecular weight excluding hydrogens is 470 g/mol. The fourth-order valence-corrected chi connectivity index (χ4v) is 4.10. The van der Waals surface area contributed by atoms with Crippen molar-refractivity contribution in [3.63, 3.8) is 0 Å². The summed E-state index contributed by atoms with van der Waals surface area (Å²) in [7, 11) is -10.1. The van der Waals surface area contributed by atoms with E-state index < -0.39 is 37.8 Å². The molecule has 0 saturated carbocycles. The van der Waals surface area contributed by atoms with Gasteiger partial charge in [0.15, 0.2) is 11.3 Å². The lowest BCUT2D eigenvalue weighted by molar-refractivity contribution is -0.120. The summed E-state index contributed by atoms with van der Waals surface area (Å²) in [5.41, 5.74) is 2.98. The van der Waals surface area contributed by atoms with E-state index in [1.807, 2.05) is 0 Å². The van der Waals surface area contributed by atoms with Gasteiger partial charge in [-0.05, 0) is 49.2 Å². The van der Waals surface area contributed by atoms with E-state index in [9.17, 15) is 28.6 Å². The van der Waals surface area contributed by atoms with Crippen molar-refractivity contribution in [3.05, 3.63) is 78.1 Å². The average molecular weight is 488 g/mol. The predicted octanol–water partition coefficient (Wildman–Crippen LogP) is 6.15. The quantitative estimate of drug-likeness (QED) is 0.256. The topological polar surface area (TPSA) is 81.2 Å². The van der Waals surface area contributed by atoms with Crippen LogP contribution in [-0.2, 0) is 10.3 Å². The van der Waals surface area contributed by atoms with Crippen LogP contribution in [0.25, 0.3) is 11.1 Å². The monoisotopic (exact) mass is 488 g/mol. The Hall–Kier alpha value is -3.41. The molecular formula is C21H18F6N4OS. The van der Waals surface area contributed by atoms with Gasteiger partial charge in [0.05, 0.1) is 5.84 Å². The van der Waals surface area contributed by atoms with Gasteiger partial charge in [-0.25, -0.2) is 19.4 Å². The normalized spacial score (nSPS) is 16.4. The van der Waals surface area contributed by atoms with Crippen molar-refractivity contribution in [2.45, 2.75) is 24.3 Å². The SMILES string of the molecule is CC(=O)C(N=C(C)N)(c1cccc(S(F)(F)(F)(F)F)c1)c1ccc(F)c(-c2cncnc2)c1. The van der Waals surface area contributed by atoms with Crippen LogP contribution in [0.15, 0.2) is 71.1 Å². The first-order valence-electron chi connectivity index (χ1n) is 9.27. The fourth-order valence-electron chi connectivity index (χ4n) is 3.42. The van der Waals surface area contributed by atoms with Crippen LogP contribution < -0.4 is 5.73 Å². The van der Waals surface area contributed by atoms with Crippen LogP contribution in [0.2, 0.25) is 0 Å². The van der Waals surface area contributed by atoms with Crippen LogP contribution in [0.3, 0.4) is 0 Å². The first kappa shape index (κ1) is 24.2. The van der Waals surface area contributed by atoms with Crippen molar-refractivity contribution in [1.82, 2.24) is 9.97 Å². The highest BCUT2D eigenvalue weighted by Crippen LogP contribution is 3.02. The Morgan fingerprint density at radius 1 is 0.970 bits per heavy atom. The number of hydrogen-bond donors (Lipinski definition) is 1. The lowest BCUT2D eigenvalue weighted by Crippen LogP contribution is -2.36. The summed E-state index contributed by atoms with van der Waals surface area (Å²) >= 11 is 0. The van der Waals surface area contributed by atoms with E-state index in [1.54, 1.807) is 0 Å². The molecule has 33 heavy (non-hydrogen) atoms. The first-order valence-corrected chi connectivity index (χ1v) is 11.2. The molecule has 0 radical (unpaired) electrons. The Labute approximate surface area is 185 Å². The third kappa shape index (κ3) is 4.85. The fraction of sp³-hybridized carbons (Fsp3) is 0.143. The maximum atomic E-state index is 14.6. The zero-order valence-corrected chi connectivity index (χ0v) is 18.1. The van der Waals surface area contributed by atoms with Crippen LogP contribution in [0.5, 0.6) is 0 Å². The zero-order valence-electron chi connectivity index (χ0n) is 17.3. The number of Topliss-reactive ketones (excluding diaryl/α,β-unsaturated/α-hetero) is 1. The molecule has 2 aromatic carbocycles. The molecule has 12 heteroatoms. The number of aromatic nitrogens is 2. The molecule has 0 aliphatic rings. The summed E-state index contributed by atoms with van der Waals surface area (Å²) in [6.07, 6.45) is 3.78. The minimum Gasteiger partial charge on any atom is -0.388 e. The molecule has 1 atom stereocenters. The van der Waals surface area contributed by atoms with Crippen molar-refractivity contribution >= 4 is 21.8 Å². The number of ketones is 1. The van der Waals surface area contributed by atoms with Gasteiger partial charge in [-0.15, -0.1) is 0 Å². The Kier molecular flexibility index (Phi) is 5.36. The largest absolute Gasteiger partial charge is 0.388 e. The number of amidine groups is 1. The number of halogens is 6. The van der Waals surface area contributed by atoms with Gasteiger partial charge in [-0.2, -0.15) is 0 Å². The number of hydrogen-bond acceptors (Lipinski definition) is 4. The molecule has 1 aromatic heterocycles. The second-order valence-corrected chi connectivity index (χ2v) is 9.75. The van der Waals surface area contributed by atoms with Gasteiger partial charge in [-0.1, -0.05) is 37.6 Å². The van der Waals surface area contributed by atoms with Crippen molar-refractivity contribution in [2.24, 2.45) is 10.7 Å². The first-order chi connectivity index (χ1) is 15.0. The summed E-state index contributed by atoms with van der Waals surface area (Å²) in [5, 5.41) is 0. The van der Waals surface area contributed by atoms with Gasteiger partial charge in [0, 0.05) is 23.5 Å². The maximum absolute atomic E-state index is 14.6. The van der Waals surface area contributed by atoms with Crippen LogP contribution in [0, 0.1) is 5.82 Å². The van der Waals surface area contributed by atoms with E-state index in [0.717, 1.165) is 31.2 Å². The average Bonchev–Trinajstić information content (AvgIpc) is 2.71. The molecule has 0 spiro atoms. The van der Waals surface area contributed by atoms with Crippen LogP contribution in [0.4, 0.5) is 23.8 Å². The maximum Gasteiger partial charge on any atom is 0.310 e. The molecule has 2 N–H and O–H groups in total. The molecule has 176 valence electrons. The van der Waals surface area contributed by atoms with Gasteiger partial charge in [0.1, 0.15) is 17.0 Å². The smallest absolute Gasteiger partial charge is 0.310 e. The van der Waals surface area contributed by atoms with E-state index in [1.165, 1.54) is 31.7 Å². The number of nitrogens with zero attached hydrogens (tertiary/aromatic N) is 3. The third-order valence-electron chi connectivity index (χ3n) is 4.81. The van der Waals surface area contributed by atoms with Gasteiger partial charge in [-0.3, -0.25) is 4.79 Å². The lowest BCUT2D eigenvalue weighted by Gasteiger charge is -2.41. The zero-order chi connectivity index (χ0) is 24.7. The van der Waals surface area contributed by atoms with Gasteiger partial charge < -0.3 is 5.73 Å². The van der Waals surface area contributed by atoms with Crippen LogP contribution in [0.1, 0.15) is 25.0 Å². The predicted molar refractivity (Wildman–Crippen MR) is 114 cm³/mol. The number of carbonyl (C=O) groups is 1. The molecule has 3 rings (SSSR count). The van der Waals surface area contributed by atoms with Crippen molar-refractivity contribution in [3.8, 4) is 11.1 Å². The highest BCUT2D eigenvalue weighted by Gasteiger charge is 2.65. The molecule has 0 aliphatic heterocycles. The highest BCUT2D eigenvalue weighted by molar-refractivity contribution is 8.45.